The Hall–Kier alpha value is -1.83. The largest absolute Gasteiger partial charge is 0.416 e. The van der Waals surface area contributed by atoms with E-state index in [-0.39, 0.29) is 17.8 Å². The van der Waals surface area contributed by atoms with Gasteiger partial charge in [0.15, 0.2) is 0 Å². The third kappa shape index (κ3) is 3.44. The van der Waals surface area contributed by atoms with E-state index in [0.29, 0.717) is 19.2 Å². The van der Waals surface area contributed by atoms with E-state index in [0.717, 1.165) is 6.07 Å². The van der Waals surface area contributed by atoms with Crippen LogP contribution in [0.2, 0.25) is 0 Å². The second kappa shape index (κ2) is 5.51. The van der Waals surface area contributed by atoms with Crippen molar-refractivity contribution in [3.05, 3.63) is 33.9 Å². The van der Waals surface area contributed by atoms with E-state index in [1.54, 1.807) is 4.90 Å². The van der Waals surface area contributed by atoms with Crippen LogP contribution >= 0.6 is 0 Å². The van der Waals surface area contributed by atoms with Crippen LogP contribution in [0.4, 0.5) is 24.5 Å². The van der Waals surface area contributed by atoms with E-state index in [1.807, 2.05) is 13.8 Å². The first kappa shape index (κ1) is 15.6. The highest BCUT2D eigenvalue weighted by molar-refractivity contribution is 5.65. The summed E-state index contributed by atoms with van der Waals surface area (Å²) in [6.45, 7) is 5.10. The van der Waals surface area contributed by atoms with Crippen molar-refractivity contribution in [2.75, 3.05) is 18.0 Å². The van der Waals surface area contributed by atoms with Crippen LogP contribution in [0.1, 0.15) is 19.4 Å². The number of nitrogens with zero attached hydrogens (tertiary/aromatic N) is 2. The second-order valence-electron chi connectivity index (χ2n) is 5.51. The number of anilines is 1. The van der Waals surface area contributed by atoms with Gasteiger partial charge in [-0.1, -0.05) is 0 Å². The van der Waals surface area contributed by atoms with Crippen molar-refractivity contribution in [3.8, 4) is 0 Å². The zero-order valence-electron chi connectivity index (χ0n) is 11.7. The standard InChI is InChI=1S/C13H16F3N3O2/c1-8-6-18(7-9(2)17-8)11-4-3-10(13(14,15)16)5-12(11)19(20)21/h3-5,8-9,17H,6-7H2,1-2H3/p+1/t8-,9-/m1/s1. The van der Waals surface area contributed by atoms with Crippen LogP contribution in [0.15, 0.2) is 18.2 Å². The molecule has 1 aliphatic heterocycles. The number of halogens is 3. The number of hydrogen-bond acceptors (Lipinski definition) is 3. The molecule has 1 aromatic carbocycles. The van der Waals surface area contributed by atoms with E-state index in [4.69, 9.17) is 0 Å². The SMILES string of the molecule is C[C@@H]1CN(c2ccc(C(F)(F)F)cc2[N+](=O)[O-])C[C@@H](C)[NH2+]1. The number of alkyl halides is 3. The molecule has 0 amide bonds. The molecule has 0 spiro atoms. The molecule has 1 heterocycles. The van der Waals surface area contributed by atoms with Crippen LogP contribution in [-0.2, 0) is 6.18 Å². The molecule has 0 aliphatic carbocycles. The molecular weight excluding hydrogens is 287 g/mol. The van der Waals surface area contributed by atoms with Gasteiger partial charge in [-0.25, -0.2) is 0 Å². The number of nitrogens with two attached hydrogens (primary N) is 1. The molecule has 2 rings (SSSR count). The number of piperazine rings is 1. The minimum Gasteiger partial charge on any atom is -0.354 e. The zero-order valence-corrected chi connectivity index (χ0v) is 11.7. The van der Waals surface area contributed by atoms with Crippen LogP contribution in [-0.4, -0.2) is 30.1 Å². The normalized spacial score (nSPS) is 23.2. The van der Waals surface area contributed by atoms with Gasteiger partial charge in [0.1, 0.15) is 17.8 Å². The van der Waals surface area contributed by atoms with Crippen molar-refractivity contribution < 1.29 is 23.4 Å². The highest BCUT2D eigenvalue weighted by Gasteiger charge is 2.35. The molecule has 1 aliphatic rings. The summed E-state index contributed by atoms with van der Waals surface area (Å²) in [6.07, 6.45) is -4.58. The number of nitro groups is 1. The van der Waals surface area contributed by atoms with Gasteiger partial charge < -0.3 is 10.2 Å². The summed E-state index contributed by atoms with van der Waals surface area (Å²) in [5, 5.41) is 13.3. The van der Waals surface area contributed by atoms with Crippen molar-refractivity contribution in [3.63, 3.8) is 0 Å². The van der Waals surface area contributed by atoms with Gasteiger partial charge in [0.05, 0.1) is 23.6 Å². The summed E-state index contributed by atoms with van der Waals surface area (Å²) in [5.41, 5.74) is -1.24. The first-order valence-electron chi connectivity index (χ1n) is 6.64. The van der Waals surface area contributed by atoms with Gasteiger partial charge in [-0.05, 0) is 26.0 Å². The fraction of sp³-hybridized carbons (Fsp3) is 0.538. The number of benzene rings is 1. The fourth-order valence-electron chi connectivity index (χ4n) is 2.76. The van der Waals surface area contributed by atoms with Gasteiger partial charge in [-0.3, -0.25) is 10.1 Å². The molecule has 0 aromatic heterocycles. The lowest BCUT2D eigenvalue weighted by Crippen LogP contribution is -2.99. The van der Waals surface area contributed by atoms with Gasteiger partial charge in [-0.2, -0.15) is 13.2 Å². The molecule has 0 unspecified atom stereocenters. The zero-order chi connectivity index (χ0) is 15.8. The summed E-state index contributed by atoms with van der Waals surface area (Å²) < 4.78 is 38.1. The summed E-state index contributed by atoms with van der Waals surface area (Å²) >= 11 is 0. The fourth-order valence-corrected chi connectivity index (χ4v) is 2.76. The monoisotopic (exact) mass is 304 g/mol. The summed E-state index contributed by atoms with van der Waals surface area (Å²) in [4.78, 5) is 12.1. The van der Waals surface area contributed by atoms with E-state index in [2.05, 4.69) is 5.32 Å². The Balaban J connectivity index is 2.41. The van der Waals surface area contributed by atoms with Crippen molar-refractivity contribution in [2.24, 2.45) is 0 Å². The first-order valence-corrected chi connectivity index (χ1v) is 6.64. The summed E-state index contributed by atoms with van der Waals surface area (Å²) in [7, 11) is 0. The minimum absolute atomic E-state index is 0.232. The number of rotatable bonds is 2. The predicted molar refractivity (Wildman–Crippen MR) is 71.2 cm³/mol. The maximum atomic E-state index is 12.7. The van der Waals surface area contributed by atoms with Crippen molar-refractivity contribution >= 4 is 11.4 Å². The molecule has 1 fully saturated rings. The lowest BCUT2D eigenvalue weighted by molar-refractivity contribution is -0.716. The Kier molecular flexibility index (Phi) is 4.08. The molecule has 0 bridgehead atoms. The van der Waals surface area contributed by atoms with Crippen LogP contribution < -0.4 is 10.2 Å². The van der Waals surface area contributed by atoms with E-state index in [1.165, 1.54) is 6.07 Å². The molecule has 1 aromatic rings. The molecule has 116 valence electrons. The minimum atomic E-state index is -4.58. The molecular formula is C13H17F3N3O2+. The third-order valence-corrected chi connectivity index (χ3v) is 3.51. The molecule has 5 nitrogen and oxygen atoms in total. The smallest absolute Gasteiger partial charge is 0.354 e. The molecule has 1 saturated heterocycles. The van der Waals surface area contributed by atoms with E-state index < -0.39 is 22.4 Å². The Bertz CT molecular complexity index is 538. The van der Waals surface area contributed by atoms with Crippen LogP contribution in [0, 0.1) is 10.1 Å². The third-order valence-electron chi connectivity index (χ3n) is 3.51. The van der Waals surface area contributed by atoms with Crippen molar-refractivity contribution in [1.82, 2.24) is 0 Å². The van der Waals surface area contributed by atoms with E-state index >= 15 is 0 Å². The topological polar surface area (TPSA) is 63.0 Å². The Morgan fingerprint density at radius 2 is 1.86 bits per heavy atom. The van der Waals surface area contributed by atoms with Gasteiger partial charge >= 0.3 is 6.18 Å². The highest BCUT2D eigenvalue weighted by Crippen LogP contribution is 2.36. The van der Waals surface area contributed by atoms with Crippen LogP contribution in [0.5, 0.6) is 0 Å². The van der Waals surface area contributed by atoms with Gasteiger partial charge in [0.25, 0.3) is 5.69 Å². The molecule has 2 atom stereocenters. The summed E-state index contributed by atoms with van der Waals surface area (Å²) in [6, 6.07) is 3.18. The van der Waals surface area contributed by atoms with Gasteiger partial charge in [0.2, 0.25) is 0 Å². The lowest BCUT2D eigenvalue weighted by Gasteiger charge is -2.34. The highest BCUT2D eigenvalue weighted by atomic mass is 19.4. The average molecular weight is 304 g/mol. The number of nitro benzene ring substituents is 1. The Morgan fingerprint density at radius 1 is 1.29 bits per heavy atom. The molecule has 0 radical (unpaired) electrons. The first-order chi connectivity index (χ1) is 9.68. The quantitative estimate of drug-likeness (QED) is 0.669. The Labute approximate surface area is 119 Å². The number of quaternary nitrogens is 1. The van der Waals surface area contributed by atoms with Crippen molar-refractivity contribution in [1.29, 1.82) is 0 Å². The maximum Gasteiger partial charge on any atom is 0.416 e. The molecule has 8 heteroatoms. The molecule has 21 heavy (non-hydrogen) atoms. The molecule has 2 N–H and O–H groups in total. The maximum absolute atomic E-state index is 12.7. The van der Waals surface area contributed by atoms with Crippen LogP contribution in [0.25, 0.3) is 0 Å². The lowest BCUT2D eigenvalue weighted by atomic mass is 10.1. The number of hydrogen-bond donors (Lipinski definition) is 1. The van der Waals surface area contributed by atoms with Crippen LogP contribution in [0.3, 0.4) is 0 Å². The predicted octanol–water partition coefficient (Wildman–Crippen LogP) is 1.77. The Morgan fingerprint density at radius 3 is 2.33 bits per heavy atom. The second-order valence-corrected chi connectivity index (χ2v) is 5.51. The van der Waals surface area contributed by atoms with E-state index in [9.17, 15) is 23.3 Å². The van der Waals surface area contributed by atoms with Crippen molar-refractivity contribution in [2.45, 2.75) is 32.1 Å². The van der Waals surface area contributed by atoms with Gasteiger partial charge in [0, 0.05) is 6.07 Å². The average Bonchev–Trinajstić information content (AvgIpc) is 2.35. The molecule has 0 saturated carbocycles. The summed E-state index contributed by atoms with van der Waals surface area (Å²) in [5.74, 6) is 0. The van der Waals surface area contributed by atoms with Gasteiger partial charge in [-0.15, -0.1) is 0 Å².